The molecule has 0 spiro atoms. The summed E-state index contributed by atoms with van der Waals surface area (Å²) in [6.45, 7) is 5.74. The fraction of sp³-hybridized carbons (Fsp3) is 0.286. The van der Waals surface area contributed by atoms with E-state index in [9.17, 15) is 9.59 Å². The van der Waals surface area contributed by atoms with Crippen molar-refractivity contribution in [3.8, 4) is 11.5 Å². The van der Waals surface area contributed by atoms with Crippen LogP contribution in [0.3, 0.4) is 0 Å². The van der Waals surface area contributed by atoms with Crippen molar-refractivity contribution in [3.63, 3.8) is 0 Å². The lowest BCUT2D eigenvalue weighted by Crippen LogP contribution is -2.24. The number of hydrogen-bond acceptors (Lipinski definition) is 6. The Hall–Kier alpha value is -3.26. The van der Waals surface area contributed by atoms with Crippen LogP contribution in [-0.4, -0.2) is 38.0 Å². The molecule has 0 radical (unpaired) electrons. The summed E-state index contributed by atoms with van der Waals surface area (Å²) in [7, 11) is 0. The number of anilines is 1. The fourth-order valence-electron chi connectivity index (χ4n) is 2.43. The van der Waals surface area contributed by atoms with Crippen molar-refractivity contribution in [1.29, 1.82) is 0 Å². The van der Waals surface area contributed by atoms with Gasteiger partial charge in [-0.2, -0.15) is 5.10 Å². The largest absolute Gasteiger partial charge is 0.490 e. The zero-order valence-corrected chi connectivity index (χ0v) is 17.8. The molecule has 2 aromatic carbocycles. The van der Waals surface area contributed by atoms with Crippen molar-refractivity contribution in [2.75, 3.05) is 25.1 Å². The first-order chi connectivity index (χ1) is 14.4. The Morgan fingerprint density at radius 3 is 2.60 bits per heavy atom. The third-order valence-corrected chi connectivity index (χ3v) is 4.03. The number of urea groups is 1. The highest BCUT2D eigenvalue weighted by molar-refractivity contribution is 6.32. The van der Waals surface area contributed by atoms with Gasteiger partial charge in [0.2, 0.25) is 0 Å². The zero-order valence-electron chi connectivity index (χ0n) is 17.0. The number of ether oxygens (including phenoxy) is 3. The van der Waals surface area contributed by atoms with Gasteiger partial charge in [0.05, 0.1) is 24.5 Å². The number of rotatable bonds is 9. The minimum absolute atomic E-state index is 0.231. The summed E-state index contributed by atoms with van der Waals surface area (Å²) in [5.74, 6) is 0.0691. The minimum Gasteiger partial charge on any atom is -0.490 e. The van der Waals surface area contributed by atoms with E-state index in [4.69, 9.17) is 25.8 Å². The molecular formula is C21H24ClN3O5. The zero-order chi connectivity index (χ0) is 21.9. The van der Waals surface area contributed by atoms with E-state index < -0.39 is 12.0 Å². The summed E-state index contributed by atoms with van der Waals surface area (Å²) in [6.07, 6.45) is 1.42. The molecule has 0 fully saturated rings. The normalized spacial score (nSPS) is 10.5. The monoisotopic (exact) mass is 433 g/mol. The van der Waals surface area contributed by atoms with E-state index in [2.05, 4.69) is 15.8 Å². The summed E-state index contributed by atoms with van der Waals surface area (Å²) in [5.41, 5.74) is 4.59. The lowest BCUT2D eigenvalue weighted by atomic mass is 10.2. The van der Waals surface area contributed by atoms with E-state index in [0.29, 0.717) is 23.6 Å². The van der Waals surface area contributed by atoms with Crippen LogP contribution in [0.1, 0.15) is 25.0 Å². The summed E-state index contributed by atoms with van der Waals surface area (Å²) in [5, 5.41) is 6.86. The van der Waals surface area contributed by atoms with Crippen LogP contribution in [-0.2, 0) is 9.53 Å². The molecule has 0 aliphatic carbocycles. The summed E-state index contributed by atoms with van der Waals surface area (Å²) >= 11 is 6.28. The summed E-state index contributed by atoms with van der Waals surface area (Å²) in [4.78, 5) is 23.5. The highest BCUT2D eigenvalue weighted by Crippen LogP contribution is 2.36. The number of para-hydroxylation sites is 1. The molecule has 0 saturated carbocycles. The molecule has 2 amide bonds. The third kappa shape index (κ3) is 6.97. The van der Waals surface area contributed by atoms with Gasteiger partial charge in [0.25, 0.3) is 0 Å². The van der Waals surface area contributed by atoms with Crippen molar-refractivity contribution in [2.45, 2.75) is 20.8 Å². The van der Waals surface area contributed by atoms with Crippen molar-refractivity contribution < 1.29 is 23.8 Å². The van der Waals surface area contributed by atoms with E-state index in [0.717, 1.165) is 5.56 Å². The van der Waals surface area contributed by atoms with Gasteiger partial charge in [-0.1, -0.05) is 29.8 Å². The number of esters is 1. The molecule has 160 valence electrons. The summed E-state index contributed by atoms with van der Waals surface area (Å²) < 4.78 is 15.8. The molecule has 2 rings (SSSR count). The maximum Gasteiger partial charge on any atom is 0.344 e. The van der Waals surface area contributed by atoms with Gasteiger partial charge in [-0.3, -0.25) is 0 Å². The lowest BCUT2D eigenvalue weighted by Gasteiger charge is -2.14. The van der Waals surface area contributed by atoms with E-state index in [1.54, 1.807) is 32.0 Å². The van der Waals surface area contributed by atoms with Crippen LogP contribution < -0.4 is 20.2 Å². The molecule has 30 heavy (non-hydrogen) atoms. The highest BCUT2D eigenvalue weighted by Gasteiger charge is 2.14. The number of aryl methyl sites for hydroxylation is 1. The van der Waals surface area contributed by atoms with Crippen LogP contribution in [0.15, 0.2) is 41.5 Å². The Bertz CT molecular complexity index is 918. The van der Waals surface area contributed by atoms with E-state index in [1.165, 1.54) is 6.21 Å². The Balaban J connectivity index is 2.05. The Labute approximate surface area is 180 Å². The number of amides is 2. The first kappa shape index (κ1) is 23.0. The predicted octanol–water partition coefficient (Wildman–Crippen LogP) is 4.14. The lowest BCUT2D eigenvalue weighted by molar-refractivity contribution is -0.145. The average molecular weight is 434 g/mol. The number of hydrazone groups is 1. The Kier molecular flexibility index (Phi) is 8.96. The number of nitrogens with zero attached hydrogens (tertiary/aromatic N) is 1. The Morgan fingerprint density at radius 1 is 1.13 bits per heavy atom. The molecule has 8 nitrogen and oxygen atoms in total. The van der Waals surface area contributed by atoms with Crippen LogP contribution in [0, 0.1) is 6.92 Å². The van der Waals surface area contributed by atoms with Gasteiger partial charge in [0.15, 0.2) is 18.1 Å². The Morgan fingerprint density at radius 2 is 1.90 bits per heavy atom. The maximum absolute atomic E-state index is 12.0. The van der Waals surface area contributed by atoms with Gasteiger partial charge in [-0.15, -0.1) is 0 Å². The van der Waals surface area contributed by atoms with E-state index >= 15 is 0 Å². The fourth-order valence-corrected chi connectivity index (χ4v) is 2.70. The van der Waals surface area contributed by atoms with Gasteiger partial charge >= 0.3 is 12.0 Å². The molecule has 2 N–H and O–H groups in total. The van der Waals surface area contributed by atoms with Crippen LogP contribution in [0.4, 0.5) is 10.5 Å². The van der Waals surface area contributed by atoms with Gasteiger partial charge in [0.1, 0.15) is 0 Å². The molecule has 0 heterocycles. The molecule has 0 atom stereocenters. The number of carbonyl (C=O) groups is 2. The number of hydrogen-bond donors (Lipinski definition) is 2. The second-order valence-electron chi connectivity index (χ2n) is 6.00. The van der Waals surface area contributed by atoms with E-state index in [1.807, 2.05) is 25.1 Å². The first-order valence-electron chi connectivity index (χ1n) is 9.35. The number of halogens is 1. The standard InChI is InChI=1S/C21H24ClN3O5/c1-4-28-18-11-15(10-16(22)20(18)30-13-19(26)29-5-2)12-23-25-21(27)24-17-9-7-6-8-14(17)3/h6-12H,4-5,13H2,1-3H3,(H2,24,25,27). The van der Waals surface area contributed by atoms with Crippen LogP contribution >= 0.6 is 11.6 Å². The molecule has 0 aromatic heterocycles. The number of benzene rings is 2. The van der Waals surface area contributed by atoms with Crippen molar-refractivity contribution >= 4 is 35.5 Å². The maximum atomic E-state index is 12.0. The average Bonchev–Trinajstić information content (AvgIpc) is 2.69. The van der Waals surface area contributed by atoms with Gasteiger partial charge in [-0.05, 0) is 50.1 Å². The molecule has 9 heteroatoms. The van der Waals surface area contributed by atoms with Crippen LogP contribution in [0.2, 0.25) is 5.02 Å². The first-order valence-corrected chi connectivity index (χ1v) is 9.72. The molecule has 0 aliphatic rings. The molecule has 0 saturated heterocycles. The topological polar surface area (TPSA) is 98.3 Å². The molecule has 0 bridgehead atoms. The van der Waals surface area contributed by atoms with Gasteiger partial charge in [-0.25, -0.2) is 15.0 Å². The van der Waals surface area contributed by atoms with Crippen molar-refractivity contribution in [3.05, 3.63) is 52.5 Å². The van der Waals surface area contributed by atoms with Crippen molar-refractivity contribution in [2.24, 2.45) is 5.10 Å². The van der Waals surface area contributed by atoms with Crippen LogP contribution in [0.5, 0.6) is 11.5 Å². The van der Waals surface area contributed by atoms with Crippen molar-refractivity contribution in [1.82, 2.24) is 5.43 Å². The quantitative estimate of drug-likeness (QED) is 0.351. The number of carbonyl (C=O) groups excluding carboxylic acids is 2. The molecule has 0 aliphatic heterocycles. The van der Waals surface area contributed by atoms with Gasteiger partial charge < -0.3 is 19.5 Å². The second kappa shape index (κ2) is 11.7. The smallest absolute Gasteiger partial charge is 0.344 e. The SMILES string of the molecule is CCOC(=O)COc1c(Cl)cc(C=NNC(=O)Nc2ccccc2C)cc1OCC. The van der Waals surface area contributed by atoms with E-state index in [-0.39, 0.29) is 24.0 Å². The third-order valence-electron chi connectivity index (χ3n) is 3.74. The summed E-state index contributed by atoms with van der Waals surface area (Å²) in [6, 6.07) is 10.1. The molecular weight excluding hydrogens is 410 g/mol. The van der Waals surface area contributed by atoms with Gasteiger partial charge in [0, 0.05) is 5.69 Å². The molecule has 0 unspecified atom stereocenters. The second-order valence-corrected chi connectivity index (χ2v) is 6.40. The van der Waals surface area contributed by atoms with Crippen LogP contribution in [0.25, 0.3) is 0 Å². The number of nitrogens with one attached hydrogen (secondary N) is 2. The highest BCUT2D eigenvalue weighted by atomic mass is 35.5. The molecule has 2 aromatic rings. The predicted molar refractivity (Wildman–Crippen MR) is 116 cm³/mol. The minimum atomic E-state index is -0.509.